The Hall–Kier alpha value is -2.62. The van der Waals surface area contributed by atoms with E-state index < -0.39 is 5.97 Å². The van der Waals surface area contributed by atoms with Gasteiger partial charge in [0.05, 0.1) is 12.1 Å². The second-order valence-corrected chi connectivity index (χ2v) is 5.13. The number of aryl methyl sites for hydroxylation is 1. The highest BCUT2D eigenvalue weighted by atomic mass is 16.4. The molecule has 4 heteroatoms. The molecule has 0 radical (unpaired) electrons. The van der Waals surface area contributed by atoms with Gasteiger partial charge in [0.2, 0.25) is 0 Å². The molecule has 3 aromatic rings. The van der Waals surface area contributed by atoms with Crippen molar-refractivity contribution in [3.63, 3.8) is 0 Å². The number of nitrogens with zero attached hydrogens (tertiary/aromatic N) is 2. The fourth-order valence-corrected chi connectivity index (χ4v) is 2.68. The van der Waals surface area contributed by atoms with Crippen molar-refractivity contribution in [3.8, 4) is 0 Å². The minimum atomic E-state index is -0.813. The lowest BCUT2D eigenvalue weighted by atomic mass is 9.93. The maximum absolute atomic E-state index is 11.3. The molecule has 0 bridgehead atoms. The van der Waals surface area contributed by atoms with Gasteiger partial charge in [0.25, 0.3) is 0 Å². The first-order valence-corrected chi connectivity index (χ1v) is 6.86. The predicted molar refractivity (Wildman–Crippen MR) is 80.5 cm³/mol. The number of carboxylic acid groups (broad SMARTS) is 1. The number of imidazole rings is 1. The predicted octanol–water partition coefficient (Wildman–Crippen LogP) is 3.25. The molecule has 1 atom stereocenters. The summed E-state index contributed by atoms with van der Waals surface area (Å²) in [5.41, 5.74) is 3.84. The molecular formula is C17H16N2O2. The van der Waals surface area contributed by atoms with Crippen molar-refractivity contribution in [2.75, 3.05) is 0 Å². The summed E-state index contributed by atoms with van der Waals surface area (Å²) in [6.07, 6.45) is 3.76. The van der Waals surface area contributed by atoms with E-state index in [9.17, 15) is 9.90 Å². The summed E-state index contributed by atoms with van der Waals surface area (Å²) in [5, 5.41) is 9.24. The largest absolute Gasteiger partial charge is 0.481 e. The van der Waals surface area contributed by atoms with Gasteiger partial charge < -0.3 is 9.51 Å². The zero-order valence-electron chi connectivity index (χ0n) is 11.7. The molecule has 21 heavy (non-hydrogen) atoms. The number of carboxylic acids is 1. The molecule has 0 spiro atoms. The Morgan fingerprint density at radius 2 is 2.00 bits per heavy atom. The van der Waals surface area contributed by atoms with Gasteiger partial charge in [0.15, 0.2) is 0 Å². The third-order valence-electron chi connectivity index (χ3n) is 3.70. The molecule has 3 rings (SSSR count). The van der Waals surface area contributed by atoms with Crippen LogP contribution in [0.1, 0.15) is 29.2 Å². The van der Waals surface area contributed by atoms with Crippen molar-refractivity contribution in [2.45, 2.75) is 19.3 Å². The number of fused-ring (bicyclic) bond motifs is 1. The van der Waals surface area contributed by atoms with Crippen LogP contribution in [0.2, 0.25) is 0 Å². The number of hydrogen-bond acceptors (Lipinski definition) is 2. The Labute approximate surface area is 122 Å². The van der Waals surface area contributed by atoms with Crippen LogP contribution in [-0.2, 0) is 4.79 Å². The van der Waals surface area contributed by atoms with E-state index in [-0.39, 0.29) is 12.3 Å². The van der Waals surface area contributed by atoms with Crippen LogP contribution < -0.4 is 0 Å². The van der Waals surface area contributed by atoms with Crippen LogP contribution in [0, 0.1) is 6.92 Å². The minimum absolute atomic E-state index is 0.0474. The zero-order chi connectivity index (χ0) is 14.8. The first-order chi connectivity index (χ1) is 10.2. The van der Waals surface area contributed by atoms with E-state index in [1.807, 2.05) is 60.0 Å². The second-order valence-electron chi connectivity index (χ2n) is 5.13. The summed E-state index contributed by atoms with van der Waals surface area (Å²) in [4.78, 5) is 15.7. The molecular weight excluding hydrogens is 264 g/mol. The Balaban J connectivity index is 2.15. The van der Waals surface area contributed by atoms with Crippen LogP contribution in [0.25, 0.3) is 5.65 Å². The molecule has 1 unspecified atom stereocenters. The van der Waals surface area contributed by atoms with Crippen molar-refractivity contribution in [1.29, 1.82) is 0 Å². The number of pyridine rings is 1. The van der Waals surface area contributed by atoms with Crippen molar-refractivity contribution < 1.29 is 9.90 Å². The number of rotatable bonds is 4. The van der Waals surface area contributed by atoms with Gasteiger partial charge in [-0.05, 0) is 24.1 Å². The third-order valence-corrected chi connectivity index (χ3v) is 3.70. The van der Waals surface area contributed by atoms with Crippen molar-refractivity contribution in [1.82, 2.24) is 9.38 Å². The van der Waals surface area contributed by atoms with Crippen LogP contribution in [0.4, 0.5) is 0 Å². The normalized spacial score (nSPS) is 12.4. The van der Waals surface area contributed by atoms with Crippen LogP contribution in [0.15, 0.2) is 54.9 Å². The highest BCUT2D eigenvalue weighted by Gasteiger charge is 2.21. The molecule has 0 saturated heterocycles. The van der Waals surface area contributed by atoms with Gasteiger partial charge in [-0.2, -0.15) is 0 Å². The zero-order valence-corrected chi connectivity index (χ0v) is 11.7. The summed E-state index contributed by atoms with van der Waals surface area (Å²) in [7, 11) is 0. The SMILES string of the molecule is Cc1cccn2c(C(CC(=O)O)c3ccccc3)cnc12. The summed E-state index contributed by atoms with van der Waals surface area (Å²) >= 11 is 0. The second kappa shape index (κ2) is 5.40. The molecule has 2 heterocycles. The molecule has 0 aliphatic carbocycles. The number of hydrogen-bond donors (Lipinski definition) is 1. The van der Waals surface area contributed by atoms with Crippen LogP contribution >= 0.6 is 0 Å². The van der Waals surface area contributed by atoms with E-state index in [2.05, 4.69) is 4.98 Å². The summed E-state index contributed by atoms with van der Waals surface area (Å²) in [5.74, 6) is -1.02. The number of aromatic nitrogens is 2. The lowest BCUT2D eigenvalue weighted by molar-refractivity contribution is -0.137. The molecule has 1 N–H and O–H groups in total. The Bertz CT molecular complexity index is 778. The van der Waals surface area contributed by atoms with Gasteiger partial charge in [-0.3, -0.25) is 4.79 Å². The molecule has 2 aromatic heterocycles. The highest BCUT2D eigenvalue weighted by Crippen LogP contribution is 2.29. The fraction of sp³-hybridized carbons (Fsp3) is 0.176. The Morgan fingerprint density at radius 3 is 2.71 bits per heavy atom. The van der Waals surface area contributed by atoms with Crippen molar-refractivity contribution >= 4 is 11.6 Å². The minimum Gasteiger partial charge on any atom is -0.481 e. The first kappa shape index (κ1) is 13.4. The van der Waals surface area contributed by atoms with Crippen molar-refractivity contribution in [3.05, 3.63) is 71.7 Å². The molecule has 4 nitrogen and oxygen atoms in total. The summed E-state index contributed by atoms with van der Waals surface area (Å²) < 4.78 is 1.98. The van der Waals surface area contributed by atoms with Gasteiger partial charge in [-0.25, -0.2) is 4.98 Å². The van der Waals surface area contributed by atoms with E-state index in [1.54, 1.807) is 6.20 Å². The third kappa shape index (κ3) is 2.52. The number of aliphatic carboxylic acids is 1. The molecule has 0 aliphatic rings. The van der Waals surface area contributed by atoms with Crippen molar-refractivity contribution in [2.24, 2.45) is 0 Å². The number of carbonyl (C=O) groups is 1. The van der Waals surface area contributed by atoms with Gasteiger partial charge in [-0.1, -0.05) is 36.4 Å². The van der Waals surface area contributed by atoms with Crippen LogP contribution in [-0.4, -0.2) is 20.5 Å². The van der Waals surface area contributed by atoms with E-state index in [0.29, 0.717) is 0 Å². The fourth-order valence-electron chi connectivity index (χ4n) is 2.68. The topological polar surface area (TPSA) is 54.6 Å². The highest BCUT2D eigenvalue weighted by molar-refractivity contribution is 5.69. The molecule has 1 aromatic carbocycles. The molecule has 0 saturated carbocycles. The molecule has 0 aliphatic heterocycles. The molecule has 0 amide bonds. The average molecular weight is 280 g/mol. The van der Waals surface area contributed by atoms with Gasteiger partial charge in [0.1, 0.15) is 5.65 Å². The van der Waals surface area contributed by atoms with E-state index in [1.165, 1.54) is 0 Å². The standard InChI is InChI=1S/C17H16N2O2/c1-12-6-5-9-19-15(11-18-17(12)19)14(10-16(20)21)13-7-3-2-4-8-13/h2-9,11,14H,10H2,1H3,(H,20,21). The Kier molecular flexibility index (Phi) is 3.44. The maximum atomic E-state index is 11.3. The summed E-state index contributed by atoms with van der Waals surface area (Å²) in [6.45, 7) is 2.00. The van der Waals surface area contributed by atoms with Gasteiger partial charge >= 0.3 is 5.97 Å². The maximum Gasteiger partial charge on any atom is 0.304 e. The first-order valence-electron chi connectivity index (χ1n) is 6.86. The lowest BCUT2D eigenvalue weighted by Gasteiger charge is -2.15. The smallest absolute Gasteiger partial charge is 0.304 e. The van der Waals surface area contributed by atoms with Crippen LogP contribution in [0.3, 0.4) is 0 Å². The van der Waals surface area contributed by atoms with Gasteiger partial charge in [-0.15, -0.1) is 0 Å². The molecule has 0 fully saturated rings. The van der Waals surface area contributed by atoms with E-state index in [4.69, 9.17) is 0 Å². The quantitative estimate of drug-likeness (QED) is 0.798. The van der Waals surface area contributed by atoms with Gasteiger partial charge in [0, 0.05) is 18.3 Å². The van der Waals surface area contributed by atoms with E-state index in [0.717, 1.165) is 22.5 Å². The van der Waals surface area contributed by atoms with E-state index >= 15 is 0 Å². The lowest BCUT2D eigenvalue weighted by Crippen LogP contribution is -2.10. The monoisotopic (exact) mass is 280 g/mol. The average Bonchev–Trinajstić information content (AvgIpc) is 2.91. The summed E-state index contributed by atoms with van der Waals surface area (Å²) in [6, 6.07) is 13.7. The Morgan fingerprint density at radius 1 is 1.24 bits per heavy atom. The molecule has 106 valence electrons. The number of benzene rings is 1. The van der Waals surface area contributed by atoms with Crippen LogP contribution in [0.5, 0.6) is 0 Å².